The van der Waals surface area contributed by atoms with Crippen LogP contribution in [0.2, 0.25) is 0 Å². The molecular formula is C13H24N4. The monoisotopic (exact) mass is 236 g/mol. The molecule has 0 aliphatic rings. The third kappa shape index (κ3) is 5.54. The van der Waals surface area contributed by atoms with Gasteiger partial charge in [0, 0.05) is 30.5 Å². The van der Waals surface area contributed by atoms with Gasteiger partial charge in [-0.2, -0.15) is 0 Å². The standard InChI is InChI=1S/C13H24N4/c1-11(2)17(3)9-5-4-7-15-12-6-8-16-13(14)10-12/h6,8,10-11H,4-5,7,9H2,1-3H3,(H3,14,15,16). The third-order valence-electron chi connectivity index (χ3n) is 2.93. The summed E-state index contributed by atoms with van der Waals surface area (Å²) in [6.07, 6.45) is 4.10. The average molecular weight is 236 g/mol. The van der Waals surface area contributed by atoms with Gasteiger partial charge in [0.15, 0.2) is 0 Å². The first-order valence-electron chi connectivity index (χ1n) is 6.25. The van der Waals surface area contributed by atoms with Crippen LogP contribution in [0, 0.1) is 0 Å². The lowest BCUT2D eigenvalue weighted by Crippen LogP contribution is -2.27. The highest BCUT2D eigenvalue weighted by atomic mass is 15.1. The van der Waals surface area contributed by atoms with Crippen molar-refractivity contribution >= 4 is 11.5 Å². The van der Waals surface area contributed by atoms with Crippen LogP contribution in [0.1, 0.15) is 26.7 Å². The van der Waals surface area contributed by atoms with Gasteiger partial charge in [-0.3, -0.25) is 0 Å². The largest absolute Gasteiger partial charge is 0.385 e. The van der Waals surface area contributed by atoms with E-state index in [-0.39, 0.29) is 0 Å². The molecule has 0 aliphatic heterocycles. The average Bonchev–Trinajstić information content (AvgIpc) is 2.28. The molecule has 0 saturated carbocycles. The third-order valence-corrected chi connectivity index (χ3v) is 2.93. The molecule has 1 heterocycles. The van der Waals surface area contributed by atoms with Crippen LogP contribution in [0.5, 0.6) is 0 Å². The summed E-state index contributed by atoms with van der Waals surface area (Å²) < 4.78 is 0. The Bertz CT molecular complexity index is 325. The van der Waals surface area contributed by atoms with Gasteiger partial charge >= 0.3 is 0 Å². The molecule has 4 nitrogen and oxygen atoms in total. The number of rotatable bonds is 7. The van der Waals surface area contributed by atoms with Crippen molar-refractivity contribution in [2.24, 2.45) is 0 Å². The van der Waals surface area contributed by atoms with Crippen LogP contribution in [0.15, 0.2) is 18.3 Å². The maximum Gasteiger partial charge on any atom is 0.125 e. The van der Waals surface area contributed by atoms with Crippen LogP contribution < -0.4 is 11.1 Å². The van der Waals surface area contributed by atoms with E-state index in [0.29, 0.717) is 11.9 Å². The van der Waals surface area contributed by atoms with Crippen LogP contribution in [0.4, 0.5) is 11.5 Å². The topological polar surface area (TPSA) is 54.2 Å². The Morgan fingerprint density at radius 3 is 2.82 bits per heavy atom. The van der Waals surface area contributed by atoms with Crippen molar-refractivity contribution in [1.82, 2.24) is 9.88 Å². The highest BCUT2D eigenvalue weighted by molar-refractivity contribution is 5.49. The lowest BCUT2D eigenvalue weighted by atomic mass is 10.2. The molecule has 1 aromatic heterocycles. The summed E-state index contributed by atoms with van der Waals surface area (Å²) in [7, 11) is 2.17. The van der Waals surface area contributed by atoms with E-state index >= 15 is 0 Å². The van der Waals surface area contributed by atoms with Gasteiger partial charge in [-0.25, -0.2) is 4.98 Å². The van der Waals surface area contributed by atoms with Crippen LogP contribution >= 0.6 is 0 Å². The smallest absolute Gasteiger partial charge is 0.125 e. The molecule has 0 amide bonds. The number of hydrogen-bond acceptors (Lipinski definition) is 4. The molecule has 96 valence electrons. The van der Waals surface area contributed by atoms with Gasteiger partial charge in [-0.05, 0) is 46.3 Å². The van der Waals surface area contributed by atoms with E-state index in [1.807, 2.05) is 12.1 Å². The Kier molecular flexibility index (Phi) is 5.77. The first-order chi connectivity index (χ1) is 8.09. The number of pyridine rings is 1. The molecule has 0 bridgehead atoms. The maximum absolute atomic E-state index is 5.60. The summed E-state index contributed by atoms with van der Waals surface area (Å²) in [4.78, 5) is 6.32. The van der Waals surface area contributed by atoms with Gasteiger partial charge in [-0.15, -0.1) is 0 Å². The van der Waals surface area contributed by atoms with E-state index in [4.69, 9.17) is 5.73 Å². The minimum absolute atomic E-state index is 0.564. The van der Waals surface area contributed by atoms with Gasteiger partial charge in [0.05, 0.1) is 0 Å². The zero-order chi connectivity index (χ0) is 12.7. The molecule has 0 fully saturated rings. The lowest BCUT2D eigenvalue weighted by molar-refractivity contribution is 0.269. The van der Waals surface area contributed by atoms with E-state index in [9.17, 15) is 0 Å². The minimum Gasteiger partial charge on any atom is -0.385 e. The molecule has 0 saturated heterocycles. The number of nitrogens with one attached hydrogen (secondary N) is 1. The van der Waals surface area contributed by atoms with E-state index in [0.717, 1.165) is 18.8 Å². The molecule has 3 N–H and O–H groups in total. The number of hydrogen-bond donors (Lipinski definition) is 2. The summed E-state index contributed by atoms with van der Waals surface area (Å²) >= 11 is 0. The summed E-state index contributed by atoms with van der Waals surface area (Å²) in [5, 5.41) is 3.35. The number of anilines is 2. The minimum atomic E-state index is 0.564. The maximum atomic E-state index is 5.60. The van der Waals surface area contributed by atoms with Crippen molar-refractivity contribution in [2.75, 3.05) is 31.2 Å². The van der Waals surface area contributed by atoms with E-state index in [1.165, 1.54) is 12.8 Å². The van der Waals surface area contributed by atoms with Gasteiger partial charge in [0.25, 0.3) is 0 Å². The van der Waals surface area contributed by atoms with Gasteiger partial charge in [0.2, 0.25) is 0 Å². The molecular weight excluding hydrogens is 212 g/mol. The van der Waals surface area contributed by atoms with Crippen LogP contribution in [0.3, 0.4) is 0 Å². The molecule has 1 aromatic rings. The second kappa shape index (κ2) is 7.12. The summed E-state index contributed by atoms with van der Waals surface area (Å²) in [5.74, 6) is 0.564. The van der Waals surface area contributed by atoms with Crippen molar-refractivity contribution in [3.63, 3.8) is 0 Å². The van der Waals surface area contributed by atoms with Crippen LogP contribution in [-0.4, -0.2) is 36.1 Å². The van der Waals surface area contributed by atoms with Crippen LogP contribution in [0.25, 0.3) is 0 Å². The number of nitrogens with two attached hydrogens (primary N) is 1. The fraction of sp³-hybridized carbons (Fsp3) is 0.615. The molecule has 0 atom stereocenters. The molecule has 0 aliphatic carbocycles. The van der Waals surface area contributed by atoms with Gasteiger partial charge in [0.1, 0.15) is 5.82 Å². The summed E-state index contributed by atoms with van der Waals surface area (Å²) in [6.45, 7) is 6.57. The van der Waals surface area contributed by atoms with Gasteiger partial charge < -0.3 is 16.0 Å². The van der Waals surface area contributed by atoms with Crippen LogP contribution in [-0.2, 0) is 0 Å². The van der Waals surface area contributed by atoms with Gasteiger partial charge in [-0.1, -0.05) is 0 Å². The first-order valence-corrected chi connectivity index (χ1v) is 6.25. The molecule has 0 unspecified atom stereocenters. The number of aromatic nitrogens is 1. The zero-order valence-corrected chi connectivity index (χ0v) is 11.1. The lowest BCUT2D eigenvalue weighted by Gasteiger charge is -2.20. The van der Waals surface area contributed by atoms with Crippen molar-refractivity contribution in [2.45, 2.75) is 32.7 Å². The van der Waals surface area contributed by atoms with E-state index < -0.39 is 0 Å². The molecule has 4 heteroatoms. The first kappa shape index (κ1) is 13.8. The Balaban J connectivity index is 2.12. The summed E-state index contributed by atoms with van der Waals surface area (Å²) in [5.41, 5.74) is 6.65. The Morgan fingerprint density at radius 2 is 2.18 bits per heavy atom. The quantitative estimate of drug-likeness (QED) is 0.713. The van der Waals surface area contributed by atoms with Crippen molar-refractivity contribution in [3.05, 3.63) is 18.3 Å². The van der Waals surface area contributed by atoms with Crippen molar-refractivity contribution in [1.29, 1.82) is 0 Å². The molecule has 0 spiro atoms. The predicted octanol–water partition coefficient (Wildman–Crippen LogP) is 2.20. The zero-order valence-electron chi connectivity index (χ0n) is 11.1. The number of nitrogens with zero attached hydrogens (tertiary/aromatic N) is 2. The Hall–Kier alpha value is -1.29. The van der Waals surface area contributed by atoms with E-state index in [2.05, 4.69) is 36.1 Å². The fourth-order valence-electron chi connectivity index (χ4n) is 1.54. The molecule has 17 heavy (non-hydrogen) atoms. The highest BCUT2D eigenvalue weighted by Crippen LogP contribution is 2.09. The number of nitrogen functional groups attached to an aromatic ring is 1. The normalized spacial score (nSPS) is 11.1. The molecule has 1 rings (SSSR count). The second-order valence-electron chi connectivity index (χ2n) is 4.68. The van der Waals surface area contributed by atoms with Crippen molar-refractivity contribution in [3.8, 4) is 0 Å². The number of unbranched alkanes of at least 4 members (excludes halogenated alkanes) is 1. The Morgan fingerprint density at radius 1 is 1.41 bits per heavy atom. The van der Waals surface area contributed by atoms with E-state index in [1.54, 1.807) is 6.20 Å². The Labute approximate surface area is 104 Å². The molecule has 0 radical (unpaired) electrons. The second-order valence-corrected chi connectivity index (χ2v) is 4.68. The SMILES string of the molecule is CC(C)N(C)CCCCNc1ccnc(N)c1. The summed E-state index contributed by atoms with van der Waals surface area (Å²) in [6, 6.07) is 4.43. The highest BCUT2D eigenvalue weighted by Gasteiger charge is 2.01. The van der Waals surface area contributed by atoms with Crippen molar-refractivity contribution < 1.29 is 0 Å². The fourth-order valence-corrected chi connectivity index (χ4v) is 1.54. The predicted molar refractivity (Wildman–Crippen MR) is 74.1 cm³/mol. The molecule has 0 aromatic carbocycles.